The van der Waals surface area contributed by atoms with Gasteiger partial charge in [-0.2, -0.15) is 0 Å². The van der Waals surface area contributed by atoms with Gasteiger partial charge in [-0.3, -0.25) is 9.59 Å². The number of hydrogen-bond donors (Lipinski definition) is 1. The zero-order chi connectivity index (χ0) is 11.4. The van der Waals surface area contributed by atoms with Crippen LogP contribution in [0.15, 0.2) is 0 Å². The minimum Gasteiger partial charge on any atom is -0.372 e. The highest BCUT2D eigenvalue weighted by Crippen LogP contribution is 2.18. The highest BCUT2D eigenvalue weighted by molar-refractivity contribution is 5.89. The second-order valence-electron chi connectivity index (χ2n) is 3.68. The van der Waals surface area contributed by atoms with Crippen LogP contribution in [0.5, 0.6) is 0 Å². The van der Waals surface area contributed by atoms with E-state index in [0.29, 0.717) is 6.54 Å². The first-order valence-corrected chi connectivity index (χ1v) is 5.16. The van der Waals surface area contributed by atoms with Crippen LogP contribution < -0.4 is 5.32 Å². The SMILES string of the molecule is CNC(=O)C1CCCN1C(=O)C(C)OC. The van der Waals surface area contributed by atoms with Crippen LogP contribution in [0.2, 0.25) is 0 Å². The first-order chi connectivity index (χ1) is 7.11. The summed E-state index contributed by atoms with van der Waals surface area (Å²) in [6.07, 6.45) is 1.14. The van der Waals surface area contributed by atoms with Gasteiger partial charge >= 0.3 is 0 Å². The van der Waals surface area contributed by atoms with Crippen molar-refractivity contribution in [1.29, 1.82) is 0 Å². The number of amides is 2. The van der Waals surface area contributed by atoms with Gasteiger partial charge in [0.15, 0.2) is 0 Å². The summed E-state index contributed by atoms with van der Waals surface area (Å²) < 4.78 is 4.96. The van der Waals surface area contributed by atoms with Crippen LogP contribution in [0.1, 0.15) is 19.8 Å². The largest absolute Gasteiger partial charge is 0.372 e. The minimum atomic E-state index is -0.477. The maximum Gasteiger partial charge on any atom is 0.252 e. The molecule has 0 spiro atoms. The third kappa shape index (κ3) is 2.47. The normalized spacial score (nSPS) is 22.6. The van der Waals surface area contributed by atoms with Crippen molar-refractivity contribution in [2.45, 2.75) is 31.9 Å². The zero-order valence-electron chi connectivity index (χ0n) is 9.45. The van der Waals surface area contributed by atoms with Crippen LogP contribution in [0.4, 0.5) is 0 Å². The molecule has 15 heavy (non-hydrogen) atoms. The third-order valence-electron chi connectivity index (χ3n) is 2.79. The molecule has 2 amide bonds. The topological polar surface area (TPSA) is 58.6 Å². The summed E-state index contributed by atoms with van der Waals surface area (Å²) in [5.41, 5.74) is 0. The molecule has 2 unspecified atom stereocenters. The van der Waals surface area contributed by atoms with Crippen LogP contribution in [-0.2, 0) is 14.3 Å². The molecule has 86 valence electrons. The lowest BCUT2D eigenvalue weighted by Gasteiger charge is -2.25. The van der Waals surface area contributed by atoms with E-state index >= 15 is 0 Å². The number of likely N-dealkylation sites (N-methyl/N-ethyl adjacent to an activating group) is 1. The number of rotatable bonds is 3. The molecule has 0 saturated carbocycles. The molecule has 1 N–H and O–H groups in total. The van der Waals surface area contributed by atoms with Crippen LogP contribution in [0.25, 0.3) is 0 Å². The second kappa shape index (κ2) is 5.11. The number of methoxy groups -OCH3 is 1. The molecule has 1 aliphatic rings. The fourth-order valence-electron chi connectivity index (χ4n) is 1.80. The molecular weight excluding hydrogens is 196 g/mol. The zero-order valence-corrected chi connectivity index (χ0v) is 9.45. The van der Waals surface area contributed by atoms with Crippen LogP contribution in [-0.4, -0.2) is 49.6 Å². The standard InChI is InChI=1S/C10H18N2O3/c1-7(15-3)10(14)12-6-4-5-8(12)9(13)11-2/h7-8H,4-6H2,1-3H3,(H,11,13). The van der Waals surface area contributed by atoms with Gasteiger partial charge in [-0.05, 0) is 19.8 Å². The Kier molecular flexibility index (Phi) is 4.08. The summed E-state index contributed by atoms with van der Waals surface area (Å²) in [4.78, 5) is 24.9. The van der Waals surface area contributed by atoms with E-state index in [1.54, 1.807) is 18.9 Å². The molecule has 0 aliphatic carbocycles. The molecule has 1 aliphatic heterocycles. The lowest BCUT2D eigenvalue weighted by atomic mass is 10.2. The molecular formula is C10H18N2O3. The number of likely N-dealkylation sites (tertiary alicyclic amines) is 1. The molecule has 0 aromatic heterocycles. The van der Waals surface area contributed by atoms with Crippen molar-refractivity contribution in [3.8, 4) is 0 Å². The number of nitrogens with zero attached hydrogens (tertiary/aromatic N) is 1. The Hall–Kier alpha value is -1.10. The Morgan fingerprint density at radius 3 is 2.73 bits per heavy atom. The van der Waals surface area contributed by atoms with E-state index in [2.05, 4.69) is 5.32 Å². The fraction of sp³-hybridized carbons (Fsp3) is 0.800. The highest BCUT2D eigenvalue weighted by atomic mass is 16.5. The molecule has 2 atom stereocenters. The minimum absolute atomic E-state index is 0.0934. The first kappa shape index (κ1) is 12.0. The maximum absolute atomic E-state index is 11.8. The van der Waals surface area contributed by atoms with Gasteiger partial charge in [-0.25, -0.2) is 0 Å². The van der Waals surface area contributed by atoms with Gasteiger partial charge in [0.05, 0.1) is 0 Å². The van der Waals surface area contributed by atoms with E-state index in [-0.39, 0.29) is 17.9 Å². The van der Waals surface area contributed by atoms with Gasteiger partial charge in [0.25, 0.3) is 5.91 Å². The number of carbonyl (C=O) groups excluding carboxylic acids is 2. The Bertz CT molecular complexity index is 255. The number of nitrogens with one attached hydrogen (secondary N) is 1. The monoisotopic (exact) mass is 214 g/mol. The fourth-order valence-corrected chi connectivity index (χ4v) is 1.80. The lowest BCUT2D eigenvalue weighted by molar-refractivity contribution is -0.145. The molecule has 5 nitrogen and oxygen atoms in total. The molecule has 0 bridgehead atoms. The van der Waals surface area contributed by atoms with Crippen molar-refractivity contribution in [1.82, 2.24) is 10.2 Å². The van der Waals surface area contributed by atoms with Gasteiger partial charge in [0, 0.05) is 20.7 Å². The van der Waals surface area contributed by atoms with Gasteiger partial charge < -0.3 is 15.0 Å². The summed E-state index contributed by atoms with van der Waals surface area (Å²) in [5, 5.41) is 2.58. The van der Waals surface area contributed by atoms with Gasteiger partial charge in [0.1, 0.15) is 12.1 Å². The smallest absolute Gasteiger partial charge is 0.252 e. The lowest BCUT2D eigenvalue weighted by Crippen LogP contribution is -2.48. The highest BCUT2D eigenvalue weighted by Gasteiger charge is 2.35. The van der Waals surface area contributed by atoms with E-state index in [1.807, 2.05) is 0 Å². The molecule has 0 aromatic rings. The summed E-state index contributed by atoms with van der Waals surface area (Å²) in [6, 6.07) is -0.319. The van der Waals surface area contributed by atoms with E-state index < -0.39 is 6.10 Å². The van der Waals surface area contributed by atoms with E-state index in [9.17, 15) is 9.59 Å². The number of hydrogen-bond acceptors (Lipinski definition) is 3. The maximum atomic E-state index is 11.8. The van der Waals surface area contributed by atoms with Crippen LogP contribution in [0, 0.1) is 0 Å². The van der Waals surface area contributed by atoms with Crippen molar-refractivity contribution < 1.29 is 14.3 Å². The summed E-state index contributed by atoms with van der Waals surface area (Å²) >= 11 is 0. The summed E-state index contributed by atoms with van der Waals surface area (Å²) in [6.45, 7) is 2.34. The Morgan fingerprint density at radius 2 is 2.20 bits per heavy atom. The molecule has 0 aromatic carbocycles. The van der Waals surface area contributed by atoms with Crippen LogP contribution >= 0.6 is 0 Å². The van der Waals surface area contributed by atoms with Gasteiger partial charge in [-0.1, -0.05) is 0 Å². The van der Waals surface area contributed by atoms with Gasteiger partial charge in [0.2, 0.25) is 5.91 Å². The van der Waals surface area contributed by atoms with E-state index in [1.165, 1.54) is 7.11 Å². The predicted molar refractivity (Wildman–Crippen MR) is 55.3 cm³/mol. The molecule has 0 radical (unpaired) electrons. The first-order valence-electron chi connectivity index (χ1n) is 5.16. The summed E-state index contributed by atoms with van der Waals surface area (Å²) in [7, 11) is 3.08. The molecule has 1 fully saturated rings. The van der Waals surface area contributed by atoms with Gasteiger partial charge in [-0.15, -0.1) is 0 Å². The van der Waals surface area contributed by atoms with Crippen molar-refractivity contribution in [3.05, 3.63) is 0 Å². The van der Waals surface area contributed by atoms with Crippen molar-refractivity contribution in [2.24, 2.45) is 0 Å². The average Bonchev–Trinajstić information content (AvgIpc) is 2.74. The Morgan fingerprint density at radius 1 is 1.53 bits per heavy atom. The quantitative estimate of drug-likeness (QED) is 0.705. The molecule has 5 heteroatoms. The Labute approximate surface area is 89.8 Å². The summed E-state index contributed by atoms with van der Waals surface area (Å²) in [5.74, 6) is -0.201. The molecule has 1 heterocycles. The number of carbonyl (C=O) groups is 2. The van der Waals surface area contributed by atoms with Crippen LogP contribution in [0.3, 0.4) is 0 Å². The van der Waals surface area contributed by atoms with E-state index in [0.717, 1.165) is 12.8 Å². The van der Waals surface area contributed by atoms with E-state index in [4.69, 9.17) is 4.74 Å². The second-order valence-corrected chi connectivity index (χ2v) is 3.68. The predicted octanol–water partition coefficient (Wildman–Crippen LogP) is -0.242. The Balaban J connectivity index is 2.68. The molecule has 1 saturated heterocycles. The third-order valence-corrected chi connectivity index (χ3v) is 2.79. The van der Waals surface area contributed by atoms with Crippen molar-refractivity contribution in [2.75, 3.05) is 20.7 Å². The number of ether oxygens (including phenoxy) is 1. The van der Waals surface area contributed by atoms with Crippen molar-refractivity contribution >= 4 is 11.8 Å². The average molecular weight is 214 g/mol. The van der Waals surface area contributed by atoms with Crippen molar-refractivity contribution in [3.63, 3.8) is 0 Å². The molecule has 1 rings (SSSR count).